The van der Waals surface area contributed by atoms with Crippen molar-refractivity contribution in [2.45, 2.75) is 25.8 Å². The summed E-state index contributed by atoms with van der Waals surface area (Å²) in [5.74, 6) is 0. The van der Waals surface area contributed by atoms with Crippen LogP contribution >= 0.6 is 0 Å². The molecule has 0 radical (unpaired) electrons. The molecule has 2 heteroatoms. The molecule has 0 saturated heterocycles. The fraction of sp³-hybridized carbons (Fsp3) is 0.571. The van der Waals surface area contributed by atoms with E-state index in [0.29, 0.717) is 0 Å². The summed E-state index contributed by atoms with van der Waals surface area (Å²) in [4.78, 5) is 0. The van der Waals surface area contributed by atoms with Crippen LogP contribution in [0.2, 0.25) is 0 Å². The van der Waals surface area contributed by atoms with Gasteiger partial charge in [0.2, 0.25) is 0 Å². The van der Waals surface area contributed by atoms with Crippen LogP contribution in [-0.4, -0.2) is 31.7 Å². The zero-order valence-corrected chi connectivity index (χ0v) is 10.7. The fourth-order valence-electron chi connectivity index (χ4n) is 2.02. The van der Waals surface area contributed by atoms with Crippen LogP contribution in [0.5, 0.6) is 0 Å². The van der Waals surface area contributed by atoms with Crippen LogP contribution in [0.4, 0.5) is 0 Å². The summed E-state index contributed by atoms with van der Waals surface area (Å²) >= 11 is 0. The van der Waals surface area contributed by atoms with Gasteiger partial charge in [0.15, 0.2) is 0 Å². The molecule has 0 bridgehead atoms. The maximum atomic E-state index is 5.50. The summed E-state index contributed by atoms with van der Waals surface area (Å²) in [5, 5.41) is 0. The molecule has 0 aliphatic rings. The second-order valence-corrected chi connectivity index (χ2v) is 5.15. The molecule has 0 aliphatic heterocycles. The van der Waals surface area contributed by atoms with Gasteiger partial charge in [-0.1, -0.05) is 30.3 Å². The Labute approximate surface area is 99.7 Å². The molecule has 2 N–H and O–H groups in total. The van der Waals surface area contributed by atoms with Gasteiger partial charge in [0.05, 0.1) is 20.6 Å². The molecular weight excluding hydrogens is 196 g/mol. The zero-order valence-electron chi connectivity index (χ0n) is 10.7. The van der Waals surface area contributed by atoms with Crippen molar-refractivity contribution in [3.63, 3.8) is 0 Å². The third kappa shape index (κ3) is 5.29. The van der Waals surface area contributed by atoms with E-state index >= 15 is 0 Å². The molecular formula is C14H25N2+. The van der Waals surface area contributed by atoms with Crippen LogP contribution in [0.15, 0.2) is 30.3 Å². The van der Waals surface area contributed by atoms with Gasteiger partial charge in [0.25, 0.3) is 0 Å². The molecule has 1 aromatic rings. The molecule has 1 rings (SSSR count). The van der Waals surface area contributed by atoms with Crippen LogP contribution in [-0.2, 0) is 6.54 Å². The molecule has 0 amide bonds. The lowest BCUT2D eigenvalue weighted by Crippen LogP contribution is -2.39. The maximum absolute atomic E-state index is 5.50. The lowest BCUT2D eigenvalue weighted by atomic mass is 10.1. The number of nitrogens with zero attached hydrogens (tertiary/aromatic N) is 1. The van der Waals surface area contributed by atoms with Gasteiger partial charge in [-0.3, -0.25) is 0 Å². The normalized spacial score (nSPS) is 11.7. The van der Waals surface area contributed by atoms with E-state index in [1.165, 1.54) is 24.9 Å². The Hall–Kier alpha value is -0.860. The number of hydrogen-bond acceptors (Lipinski definition) is 1. The van der Waals surface area contributed by atoms with E-state index in [-0.39, 0.29) is 0 Å². The lowest BCUT2D eigenvalue weighted by Gasteiger charge is -2.30. The Morgan fingerprint density at radius 3 is 2.31 bits per heavy atom. The summed E-state index contributed by atoms with van der Waals surface area (Å²) in [5.41, 5.74) is 6.92. The van der Waals surface area contributed by atoms with Gasteiger partial charge in [0.1, 0.15) is 6.54 Å². The van der Waals surface area contributed by atoms with Gasteiger partial charge in [-0.15, -0.1) is 0 Å². The van der Waals surface area contributed by atoms with Gasteiger partial charge in [-0.2, -0.15) is 0 Å². The molecule has 0 fully saturated rings. The van der Waals surface area contributed by atoms with E-state index in [1.807, 2.05) is 0 Å². The van der Waals surface area contributed by atoms with E-state index < -0.39 is 0 Å². The minimum atomic E-state index is 0.826. The summed E-state index contributed by atoms with van der Waals surface area (Å²) in [6.45, 7) is 3.17. The third-order valence-corrected chi connectivity index (χ3v) is 2.92. The molecule has 16 heavy (non-hydrogen) atoms. The van der Waals surface area contributed by atoms with E-state index in [9.17, 15) is 0 Å². The largest absolute Gasteiger partial charge is 0.330 e. The second-order valence-electron chi connectivity index (χ2n) is 5.15. The molecule has 0 aliphatic carbocycles. The Morgan fingerprint density at radius 2 is 1.69 bits per heavy atom. The van der Waals surface area contributed by atoms with Gasteiger partial charge >= 0.3 is 0 Å². The molecule has 0 aromatic heterocycles. The standard InChI is InChI=1S/C14H25N2/c1-16(2,12-8-4-7-11-15)13-14-9-5-3-6-10-14/h3,5-6,9-10H,4,7-8,11-13,15H2,1-2H3/q+1. The highest BCUT2D eigenvalue weighted by Gasteiger charge is 2.14. The van der Waals surface area contributed by atoms with Crippen LogP contribution in [0.1, 0.15) is 24.8 Å². The first kappa shape index (κ1) is 13.2. The van der Waals surface area contributed by atoms with Gasteiger partial charge in [-0.05, 0) is 25.8 Å². The summed E-state index contributed by atoms with van der Waals surface area (Å²) in [7, 11) is 4.60. The van der Waals surface area contributed by atoms with Gasteiger partial charge < -0.3 is 10.2 Å². The van der Waals surface area contributed by atoms with Crippen molar-refractivity contribution >= 4 is 0 Å². The van der Waals surface area contributed by atoms with Crippen molar-refractivity contribution in [1.29, 1.82) is 0 Å². The quantitative estimate of drug-likeness (QED) is 0.555. The Bertz CT molecular complexity index is 280. The molecule has 0 heterocycles. The molecule has 1 aromatic carbocycles. The smallest absolute Gasteiger partial charge is 0.104 e. The molecule has 0 atom stereocenters. The van der Waals surface area contributed by atoms with Crippen LogP contribution in [0.3, 0.4) is 0 Å². The van der Waals surface area contributed by atoms with E-state index in [4.69, 9.17) is 5.73 Å². The van der Waals surface area contributed by atoms with E-state index in [1.54, 1.807) is 0 Å². The highest BCUT2D eigenvalue weighted by molar-refractivity contribution is 5.13. The van der Waals surface area contributed by atoms with Crippen LogP contribution < -0.4 is 5.73 Å². The van der Waals surface area contributed by atoms with Crippen molar-refractivity contribution in [2.24, 2.45) is 5.73 Å². The minimum absolute atomic E-state index is 0.826. The number of benzene rings is 1. The van der Waals surface area contributed by atoms with Crippen LogP contribution in [0.25, 0.3) is 0 Å². The van der Waals surface area contributed by atoms with Crippen molar-refractivity contribution in [3.8, 4) is 0 Å². The predicted molar refractivity (Wildman–Crippen MR) is 70.0 cm³/mol. The van der Waals surface area contributed by atoms with Crippen molar-refractivity contribution in [2.75, 3.05) is 27.2 Å². The number of unbranched alkanes of at least 4 members (excludes halogenated alkanes) is 2. The first-order chi connectivity index (χ1) is 7.64. The van der Waals surface area contributed by atoms with Crippen molar-refractivity contribution in [1.82, 2.24) is 0 Å². The SMILES string of the molecule is C[N+](C)(CCCCCN)Cc1ccccc1. The average Bonchev–Trinajstić information content (AvgIpc) is 2.25. The van der Waals surface area contributed by atoms with E-state index in [0.717, 1.165) is 24.0 Å². The topological polar surface area (TPSA) is 26.0 Å². The third-order valence-electron chi connectivity index (χ3n) is 2.92. The average molecular weight is 221 g/mol. The highest BCUT2D eigenvalue weighted by Crippen LogP contribution is 2.10. The first-order valence-electron chi connectivity index (χ1n) is 6.20. The number of rotatable bonds is 7. The molecule has 90 valence electrons. The van der Waals surface area contributed by atoms with E-state index in [2.05, 4.69) is 44.4 Å². The van der Waals surface area contributed by atoms with Gasteiger partial charge in [0, 0.05) is 5.56 Å². The molecule has 0 saturated carbocycles. The molecule has 0 spiro atoms. The highest BCUT2D eigenvalue weighted by atomic mass is 15.3. The monoisotopic (exact) mass is 221 g/mol. The number of quaternary nitrogens is 1. The summed E-state index contributed by atoms with van der Waals surface area (Å²) in [6, 6.07) is 10.7. The first-order valence-corrected chi connectivity index (χ1v) is 6.20. The Balaban J connectivity index is 2.33. The fourth-order valence-corrected chi connectivity index (χ4v) is 2.02. The van der Waals surface area contributed by atoms with Crippen molar-refractivity contribution in [3.05, 3.63) is 35.9 Å². The zero-order chi connectivity index (χ0) is 11.9. The Morgan fingerprint density at radius 1 is 1.00 bits per heavy atom. The second kappa shape index (κ2) is 6.66. The lowest BCUT2D eigenvalue weighted by molar-refractivity contribution is -0.903. The maximum Gasteiger partial charge on any atom is 0.104 e. The summed E-state index contributed by atoms with van der Waals surface area (Å²) in [6.07, 6.45) is 3.69. The molecule has 2 nitrogen and oxygen atoms in total. The van der Waals surface area contributed by atoms with Gasteiger partial charge in [-0.25, -0.2) is 0 Å². The number of hydrogen-bond donors (Lipinski definition) is 1. The summed E-state index contributed by atoms with van der Waals surface area (Å²) < 4.78 is 1.06. The minimum Gasteiger partial charge on any atom is -0.330 e. The molecule has 0 unspecified atom stereocenters. The van der Waals surface area contributed by atoms with Crippen molar-refractivity contribution < 1.29 is 4.48 Å². The Kier molecular flexibility index (Phi) is 5.50. The predicted octanol–water partition coefficient (Wildman–Crippen LogP) is 2.39. The number of nitrogens with two attached hydrogens (primary N) is 1. The van der Waals surface area contributed by atoms with Crippen LogP contribution in [0, 0.1) is 0 Å².